The molecule has 1 unspecified atom stereocenters. The molecule has 0 aliphatic rings. The van der Waals surface area contributed by atoms with Crippen LogP contribution in [0.3, 0.4) is 0 Å². The van der Waals surface area contributed by atoms with Gasteiger partial charge in [0.25, 0.3) is 0 Å². The van der Waals surface area contributed by atoms with Crippen molar-refractivity contribution < 1.29 is 28.7 Å². The molecule has 1 rings (SSSR count). The summed E-state index contributed by atoms with van der Waals surface area (Å²) in [5, 5.41) is 0. The Morgan fingerprint density at radius 3 is 1.87 bits per heavy atom. The quantitative estimate of drug-likeness (QED) is 0.406. The lowest BCUT2D eigenvalue weighted by molar-refractivity contribution is -0.163. The first-order chi connectivity index (χ1) is 10.8. The monoisotopic (exact) mass is 384 g/mol. The van der Waals surface area contributed by atoms with E-state index in [4.69, 9.17) is 0 Å². The first-order valence-corrected chi connectivity index (χ1v) is 7.56. The Kier molecular flexibility index (Phi) is 7.09. The van der Waals surface area contributed by atoms with Gasteiger partial charge in [0.1, 0.15) is 5.78 Å². The second kappa shape index (κ2) is 8.57. The largest absolute Gasteiger partial charge is 0.468 e. The summed E-state index contributed by atoms with van der Waals surface area (Å²) < 4.78 is 9.92. The van der Waals surface area contributed by atoms with Crippen LogP contribution in [0, 0.1) is 11.8 Å². The average Bonchev–Trinajstić information content (AvgIpc) is 2.53. The molecule has 0 aromatic heterocycles. The SMILES string of the molecule is COC(=O)C(C(=O)OC)C(CC(=O)c1ccc(Br)cc1)C(C)=O. The summed E-state index contributed by atoms with van der Waals surface area (Å²) in [7, 11) is 2.21. The summed E-state index contributed by atoms with van der Waals surface area (Å²) in [6.07, 6.45) is -0.286. The molecule has 0 aliphatic carbocycles. The van der Waals surface area contributed by atoms with Crippen LogP contribution in [0.5, 0.6) is 0 Å². The summed E-state index contributed by atoms with van der Waals surface area (Å²) >= 11 is 3.26. The third-order valence-electron chi connectivity index (χ3n) is 3.41. The van der Waals surface area contributed by atoms with Gasteiger partial charge in [0, 0.05) is 22.4 Å². The number of esters is 2. The van der Waals surface area contributed by atoms with Crippen LogP contribution < -0.4 is 0 Å². The van der Waals surface area contributed by atoms with Crippen molar-refractivity contribution in [1.29, 1.82) is 0 Å². The second-order valence-electron chi connectivity index (χ2n) is 4.88. The number of halogens is 1. The molecule has 0 saturated carbocycles. The highest BCUT2D eigenvalue weighted by Crippen LogP contribution is 2.23. The molecule has 1 atom stereocenters. The number of hydrogen-bond acceptors (Lipinski definition) is 6. The maximum atomic E-state index is 12.3. The molecule has 0 heterocycles. The molecule has 6 nitrogen and oxygen atoms in total. The van der Waals surface area contributed by atoms with Gasteiger partial charge in [-0.15, -0.1) is 0 Å². The number of Topliss-reactive ketones (excluding diaryl/α,β-unsaturated/α-hetero) is 2. The van der Waals surface area contributed by atoms with Crippen molar-refractivity contribution in [2.75, 3.05) is 14.2 Å². The minimum Gasteiger partial charge on any atom is -0.468 e. The molecule has 1 aromatic rings. The van der Waals surface area contributed by atoms with E-state index in [0.717, 1.165) is 18.7 Å². The highest BCUT2D eigenvalue weighted by Gasteiger charge is 2.40. The van der Waals surface area contributed by atoms with Gasteiger partial charge in [-0.1, -0.05) is 28.1 Å². The number of methoxy groups -OCH3 is 2. The van der Waals surface area contributed by atoms with Crippen molar-refractivity contribution in [3.05, 3.63) is 34.3 Å². The zero-order valence-electron chi connectivity index (χ0n) is 13.0. The molecule has 0 saturated heterocycles. The topological polar surface area (TPSA) is 86.7 Å². The normalized spacial score (nSPS) is 11.7. The smallest absolute Gasteiger partial charge is 0.320 e. The molecule has 0 aliphatic heterocycles. The Morgan fingerprint density at radius 1 is 1.00 bits per heavy atom. The molecule has 1 aromatic carbocycles. The van der Waals surface area contributed by atoms with Crippen molar-refractivity contribution in [2.24, 2.45) is 11.8 Å². The van der Waals surface area contributed by atoms with Crippen molar-refractivity contribution in [3.8, 4) is 0 Å². The Balaban J connectivity index is 3.06. The molecule has 0 N–H and O–H groups in total. The molecule has 124 valence electrons. The lowest BCUT2D eigenvalue weighted by Gasteiger charge is -2.20. The Labute approximate surface area is 142 Å². The number of ether oxygens (including phenoxy) is 2. The predicted molar refractivity (Wildman–Crippen MR) is 84.8 cm³/mol. The number of ketones is 2. The van der Waals surface area contributed by atoms with Gasteiger partial charge in [0.05, 0.1) is 14.2 Å². The van der Waals surface area contributed by atoms with Crippen LogP contribution in [0.1, 0.15) is 23.7 Å². The molecular formula is C16H17BrO6. The average molecular weight is 385 g/mol. The Hall–Kier alpha value is -2.02. The van der Waals surface area contributed by atoms with Crippen LogP contribution >= 0.6 is 15.9 Å². The summed E-state index contributed by atoms with van der Waals surface area (Å²) in [5.41, 5.74) is 0.382. The van der Waals surface area contributed by atoms with Gasteiger partial charge in [-0.2, -0.15) is 0 Å². The lowest BCUT2D eigenvalue weighted by atomic mass is 9.84. The zero-order chi connectivity index (χ0) is 17.6. The fourth-order valence-electron chi connectivity index (χ4n) is 2.13. The van der Waals surface area contributed by atoms with E-state index < -0.39 is 29.6 Å². The molecule has 0 radical (unpaired) electrons. The van der Waals surface area contributed by atoms with Crippen molar-refractivity contribution in [3.63, 3.8) is 0 Å². The van der Waals surface area contributed by atoms with Gasteiger partial charge < -0.3 is 9.47 Å². The minimum absolute atomic E-state index is 0.286. The first kappa shape index (κ1) is 19.0. The molecule has 0 spiro atoms. The van der Waals surface area contributed by atoms with Gasteiger partial charge in [-0.25, -0.2) is 0 Å². The highest BCUT2D eigenvalue weighted by atomic mass is 79.9. The summed E-state index contributed by atoms with van der Waals surface area (Å²) in [6, 6.07) is 6.56. The first-order valence-electron chi connectivity index (χ1n) is 6.76. The molecule has 7 heteroatoms. The Morgan fingerprint density at radius 2 is 1.48 bits per heavy atom. The van der Waals surface area contributed by atoms with Crippen LogP contribution in [0.15, 0.2) is 28.7 Å². The standard InChI is InChI=1S/C16H17BrO6/c1-9(18)12(14(15(20)22-2)16(21)23-3)8-13(19)10-4-6-11(17)7-5-10/h4-7,12,14H,8H2,1-3H3. The van der Waals surface area contributed by atoms with Gasteiger partial charge in [-0.05, 0) is 19.1 Å². The van der Waals surface area contributed by atoms with Crippen LogP contribution in [0.4, 0.5) is 0 Å². The molecular weight excluding hydrogens is 368 g/mol. The van der Waals surface area contributed by atoms with E-state index in [2.05, 4.69) is 25.4 Å². The van der Waals surface area contributed by atoms with Crippen molar-refractivity contribution >= 4 is 39.4 Å². The van der Waals surface area contributed by atoms with E-state index in [1.807, 2.05) is 0 Å². The second-order valence-corrected chi connectivity index (χ2v) is 5.79. The predicted octanol–water partition coefficient (Wildman–Crippen LogP) is 2.19. The maximum Gasteiger partial charge on any atom is 0.320 e. The summed E-state index contributed by atoms with van der Waals surface area (Å²) in [6.45, 7) is 1.22. The van der Waals surface area contributed by atoms with Crippen LogP contribution in [0.2, 0.25) is 0 Å². The summed E-state index contributed by atoms with van der Waals surface area (Å²) in [4.78, 5) is 47.9. The van der Waals surface area contributed by atoms with Crippen LogP contribution in [-0.4, -0.2) is 37.7 Å². The molecule has 0 fully saturated rings. The van der Waals surface area contributed by atoms with E-state index in [1.54, 1.807) is 24.3 Å². The van der Waals surface area contributed by atoms with E-state index >= 15 is 0 Å². The Bertz CT molecular complexity index is 592. The van der Waals surface area contributed by atoms with E-state index in [1.165, 1.54) is 6.92 Å². The fourth-order valence-corrected chi connectivity index (χ4v) is 2.39. The van der Waals surface area contributed by atoms with Gasteiger partial charge in [0.2, 0.25) is 0 Å². The van der Waals surface area contributed by atoms with Gasteiger partial charge in [0.15, 0.2) is 11.7 Å². The number of hydrogen-bond donors (Lipinski definition) is 0. The molecule has 0 amide bonds. The van der Waals surface area contributed by atoms with E-state index in [9.17, 15) is 19.2 Å². The number of rotatable bonds is 7. The van der Waals surface area contributed by atoms with Gasteiger partial charge >= 0.3 is 11.9 Å². The van der Waals surface area contributed by atoms with E-state index in [0.29, 0.717) is 5.56 Å². The number of carbonyl (C=O) groups excluding carboxylic acids is 4. The number of carbonyl (C=O) groups is 4. The van der Waals surface area contributed by atoms with Crippen LogP contribution in [0.25, 0.3) is 0 Å². The van der Waals surface area contributed by atoms with E-state index in [-0.39, 0.29) is 12.2 Å². The van der Waals surface area contributed by atoms with Crippen molar-refractivity contribution in [2.45, 2.75) is 13.3 Å². The summed E-state index contributed by atoms with van der Waals surface area (Å²) in [5.74, 6) is -5.21. The molecule has 0 bridgehead atoms. The van der Waals surface area contributed by atoms with Gasteiger partial charge in [-0.3, -0.25) is 19.2 Å². The van der Waals surface area contributed by atoms with Crippen LogP contribution in [-0.2, 0) is 23.9 Å². The minimum atomic E-state index is -1.46. The maximum absolute atomic E-state index is 12.3. The third-order valence-corrected chi connectivity index (χ3v) is 3.93. The highest BCUT2D eigenvalue weighted by molar-refractivity contribution is 9.10. The third kappa shape index (κ3) is 4.99. The number of benzene rings is 1. The van der Waals surface area contributed by atoms with Crippen molar-refractivity contribution in [1.82, 2.24) is 0 Å². The lowest BCUT2D eigenvalue weighted by Crippen LogP contribution is -2.38. The fraction of sp³-hybridized carbons (Fsp3) is 0.375. The zero-order valence-corrected chi connectivity index (χ0v) is 14.6. The molecule has 23 heavy (non-hydrogen) atoms.